The van der Waals surface area contributed by atoms with Gasteiger partial charge >= 0.3 is 0 Å². The summed E-state index contributed by atoms with van der Waals surface area (Å²) in [6, 6.07) is 0.524. The summed E-state index contributed by atoms with van der Waals surface area (Å²) in [6.07, 6.45) is 2.96. The highest BCUT2D eigenvalue weighted by Gasteiger charge is 2.18. The molecule has 1 unspecified atom stereocenters. The molecule has 100 valence electrons. The third-order valence-corrected chi connectivity index (χ3v) is 3.20. The van der Waals surface area contributed by atoms with Gasteiger partial charge in [0, 0.05) is 46.2 Å². The molecule has 1 saturated heterocycles. The Morgan fingerprint density at radius 1 is 1.41 bits per heavy atom. The smallest absolute Gasteiger partial charge is 0.223 e. The first-order valence-electron chi connectivity index (χ1n) is 6.40. The van der Waals surface area contributed by atoms with E-state index in [0.717, 1.165) is 19.6 Å². The van der Waals surface area contributed by atoms with Crippen LogP contribution in [0.25, 0.3) is 0 Å². The topological polar surface area (TPSA) is 55.8 Å². The Balaban J connectivity index is 2.29. The fourth-order valence-electron chi connectivity index (χ4n) is 2.14. The van der Waals surface area contributed by atoms with Crippen LogP contribution in [0, 0.1) is 0 Å². The van der Waals surface area contributed by atoms with Crippen molar-refractivity contribution in [1.82, 2.24) is 15.1 Å². The van der Waals surface area contributed by atoms with Crippen LogP contribution >= 0.6 is 0 Å². The Kier molecular flexibility index (Phi) is 6.47. The molecule has 0 spiro atoms. The average Bonchev–Trinajstić information content (AvgIpc) is 2.78. The van der Waals surface area contributed by atoms with E-state index in [9.17, 15) is 4.79 Å². The first kappa shape index (κ1) is 14.4. The van der Waals surface area contributed by atoms with Crippen LogP contribution in [0.4, 0.5) is 0 Å². The number of carbonyl (C=O) groups is 1. The highest BCUT2D eigenvalue weighted by molar-refractivity contribution is 5.75. The van der Waals surface area contributed by atoms with Gasteiger partial charge in [0.2, 0.25) is 5.91 Å². The fourth-order valence-corrected chi connectivity index (χ4v) is 2.14. The summed E-state index contributed by atoms with van der Waals surface area (Å²) in [7, 11) is 3.55. The van der Waals surface area contributed by atoms with E-state index in [4.69, 9.17) is 5.11 Å². The second-order valence-electron chi connectivity index (χ2n) is 4.86. The molecule has 1 heterocycles. The highest BCUT2D eigenvalue weighted by atomic mass is 16.3. The highest BCUT2D eigenvalue weighted by Crippen LogP contribution is 2.07. The number of nitrogens with one attached hydrogen (secondary N) is 1. The first-order chi connectivity index (χ1) is 8.13. The van der Waals surface area contributed by atoms with Crippen LogP contribution < -0.4 is 5.32 Å². The van der Waals surface area contributed by atoms with Gasteiger partial charge in [0.05, 0.1) is 6.61 Å². The van der Waals surface area contributed by atoms with Gasteiger partial charge in [-0.2, -0.15) is 0 Å². The molecule has 2 N–H and O–H groups in total. The molecule has 0 bridgehead atoms. The quantitative estimate of drug-likeness (QED) is 0.633. The Bertz CT molecular complexity index is 228. The van der Waals surface area contributed by atoms with Crippen LogP contribution in [0.2, 0.25) is 0 Å². The molecule has 1 rings (SSSR count). The minimum absolute atomic E-state index is 0.146. The predicted molar refractivity (Wildman–Crippen MR) is 67.9 cm³/mol. The maximum absolute atomic E-state index is 11.5. The molecular weight excluding hydrogens is 218 g/mol. The molecule has 5 heteroatoms. The second kappa shape index (κ2) is 7.63. The van der Waals surface area contributed by atoms with Gasteiger partial charge in [-0.1, -0.05) is 0 Å². The Hall–Kier alpha value is -0.650. The summed E-state index contributed by atoms with van der Waals surface area (Å²) < 4.78 is 0. The summed E-state index contributed by atoms with van der Waals surface area (Å²) in [5.74, 6) is 0.146. The van der Waals surface area contributed by atoms with E-state index in [-0.39, 0.29) is 12.5 Å². The van der Waals surface area contributed by atoms with Gasteiger partial charge < -0.3 is 15.3 Å². The first-order valence-corrected chi connectivity index (χ1v) is 6.40. The molecular formula is C12H25N3O2. The summed E-state index contributed by atoms with van der Waals surface area (Å²) in [6.45, 7) is 3.56. The summed E-state index contributed by atoms with van der Waals surface area (Å²) in [5, 5.41) is 12.5. The number of aliphatic hydroxyl groups excluding tert-OH is 1. The standard InChI is InChI=1S/C12H25N3O2/c1-14(2)12(17)5-7-15(8-9-16)10-11-4-3-6-13-11/h11,13,16H,3-10H2,1-2H3. The van der Waals surface area contributed by atoms with Crippen LogP contribution in [0.15, 0.2) is 0 Å². The molecule has 1 aliphatic rings. The molecule has 0 aliphatic carbocycles. The van der Waals surface area contributed by atoms with Crippen LogP contribution in [0.3, 0.4) is 0 Å². The number of amides is 1. The van der Waals surface area contributed by atoms with Crippen molar-refractivity contribution in [3.8, 4) is 0 Å². The van der Waals surface area contributed by atoms with E-state index in [1.807, 2.05) is 0 Å². The zero-order valence-electron chi connectivity index (χ0n) is 11.0. The van der Waals surface area contributed by atoms with Crippen molar-refractivity contribution in [2.75, 3.05) is 46.9 Å². The lowest BCUT2D eigenvalue weighted by atomic mass is 10.2. The van der Waals surface area contributed by atoms with Crippen LogP contribution in [-0.4, -0.2) is 73.7 Å². The maximum Gasteiger partial charge on any atom is 0.223 e. The summed E-state index contributed by atoms with van der Waals surface area (Å²) in [5.41, 5.74) is 0. The van der Waals surface area contributed by atoms with Crippen LogP contribution in [0.1, 0.15) is 19.3 Å². The van der Waals surface area contributed by atoms with Gasteiger partial charge in [-0.25, -0.2) is 0 Å². The zero-order chi connectivity index (χ0) is 12.7. The summed E-state index contributed by atoms with van der Waals surface area (Å²) >= 11 is 0. The molecule has 0 aromatic heterocycles. The van der Waals surface area contributed by atoms with Gasteiger partial charge in [0.25, 0.3) is 0 Å². The van der Waals surface area contributed by atoms with E-state index in [2.05, 4.69) is 10.2 Å². The monoisotopic (exact) mass is 243 g/mol. The fraction of sp³-hybridized carbons (Fsp3) is 0.917. The van der Waals surface area contributed by atoms with Crippen molar-refractivity contribution in [3.05, 3.63) is 0 Å². The van der Waals surface area contributed by atoms with E-state index in [0.29, 0.717) is 19.0 Å². The lowest BCUT2D eigenvalue weighted by Crippen LogP contribution is -2.40. The van der Waals surface area contributed by atoms with Crippen molar-refractivity contribution in [1.29, 1.82) is 0 Å². The molecule has 17 heavy (non-hydrogen) atoms. The van der Waals surface area contributed by atoms with E-state index in [1.54, 1.807) is 19.0 Å². The van der Waals surface area contributed by atoms with Crippen molar-refractivity contribution in [2.24, 2.45) is 0 Å². The third kappa shape index (κ3) is 5.48. The normalized spacial score (nSPS) is 19.9. The van der Waals surface area contributed by atoms with E-state index >= 15 is 0 Å². The molecule has 0 aromatic rings. The predicted octanol–water partition coefficient (Wildman–Crippen LogP) is -0.489. The average molecular weight is 243 g/mol. The van der Waals surface area contributed by atoms with Gasteiger partial charge in [-0.3, -0.25) is 9.69 Å². The molecule has 1 amide bonds. The lowest BCUT2D eigenvalue weighted by Gasteiger charge is -2.25. The van der Waals surface area contributed by atoms with Crippen molar-refractivity contribution >= 4 is 5.91 Å². The van der Waals surface area contributed by atoms with Crippen molar-refractivity contribution < 1.29 is 9.90 Å². The number of carbonyl (C=O) groups excluding carboxylic acids is 1. The van der Waals surface area contributed by atoms with Gasteiger partial charge in [-0.05, 0) is 19.4 Å². The second-order valence-corrected chi connectivity index (χ2v) is 4.86. The number of hydrogen-bond donors (Lipinski definition) is 2. The molecule has 1 fully saturated rings. The molecule has 0 radical (unpaired) electrons. The number of nitrogens with zero attached hydrogens (tertiary/aromatic N) is 2. The van der Waals surface area contributed by atoms with Crippen LogP contribution in [0.5, 0.6) is 0 Å². The van der Waals surface area contributed by atoms with E-state index in [1.165, 1.54) is 12.8 Å². The number of hydrogen-bond acceptors (Lipinski definition) is 4. The lowest BCUT2D eigenvalue weighted by molar-refractivity contribution is -0.129. The molecule has 0 saturated carbocycles. The minimum atomic E-state index is 0.146. The van der Waals surface area contributed by atoms with Crippen molar-refractivity contribution in [2.45, 2.75) is 25.3 Å². The SMILES string of the molecule is CN(C)C(=O)CCN(CCO)CC1CCCN1. The molecule has 5 nitrogen and oxygen atoms in total. The summed E-state index contributed by atoms with van der Waals surface area (Å²) in [4.78, 5) is 15.3. The number of rotatable bonds is 7. The zero-order valence-corrected chi connectivity index (χ0v) is 11.0. The molecule has 1 aliphatic heterocycles. The Morgan fingerprint density at radius 2 is 2.18 bits per heavy atom. The minimum Gasteiger partial charge on any atom is -0.395 e. The third-order valence-electron chi connectivity index (χ3n) is 3.20. The Labute approximate surface area is 104 Å². The van der Waals surface area contributed by atoms with Gasteiger partial charge in [-0.15, -0.1) is 0 Å². The molecule has 1 atom stereocenters. The van der Waals surface area contributed by atoms with Crippen molar-refractivity contribution in [3.63, 3.8) is 0 Å². The van der Waals surface area contributed by atoms with Crippen LogP contribution in [-0.2, 0) is 4.79 Å². The molecule has 0 aromatic carbocycles. The maximum atomic E-state index is 11.5. The Morgan fingerprint density at radius 3 is 2.71 bits per heavy atom. The largest absolute Gasteiger partial charge is 0.395 e. The van der Waals surface area contributed by atoms with Gasteiger partial charge in [0.1, 0.15) is 0 Å². The number of aliphatic hydroxyl groups is 1. The van der Waals surface area contributed by atoms with Gasteiger partial charge in [0.15, 0.2) is 0 Å². The van der Waals surface area contributed by atoms with E-state index < -0.39 is 0 Å².